The number of aromatic nitrogens is 1. The van der Waals surface area contributed by atoms with Crippen LogP contribution in [-0.2, 0) is 0 Å². The van der Waals surface area contributed by atoms with Crippen LogP contribution in [0.15, 0.2) is 52.3 Å². The van der Waals surface area contributed by atoms with E-state index in [1.165, 1.54) is 12.4 Å². The van der Waals surface area contributed by atoms with Crippen LogP contribution < -0.4 is 5.43 Å². The van der Waals surface area contributed by atoms with Crippen LogP contribution in [0.1, 0.15) is 15.9 Å². The van der Waals surface area contributed by atoms with Crippen molar-refractivity contribution in [3.05, 3.63) is 58.3 Å². The van der Waals surface area contributed by atoms with Crippen molar-refractivity contribution in [1.82, 2.24) is 10.4 Å². The lowest BCUT2D eigenvalue weighted by Crippen LogP contribution is -2.17. The number of nitrogens with zero attached hydrogens (tertiary/aromatic N) is 2. The van der Waals surface area contributed by atoms with Gasteiger partial charge in [-0.3, -0.25) is 9.78 Å². The van der Waals surface area contributed by atoms with E-state index in [0.717, 1.165) is 4.47 Å². The number of hydrazone groups is 1. The molecule has 0 saturated carbocycles. The highest BCUT2D eigenvalue weighted by atomic mass is 79.9. The Balaban J connectivity index is 2.02. The Bertz CT molecular complexity index is 615. The average Bonchev–Trinajstić information content (AvgIpc) is 2.42. The Kier molecular flexibility index (Phi) is 4.25. The second-order valence-electron chi connectivity index (χ2n) is 3.64. The molecule has 0 bridgehead atoms. The number of carbonyl (C=O) groups is 1. The predicted molar refractivity (Wildman–Crippen MR) is 75.1 cm³/mol. The highest BCUT2D eigenvalue weighted by molar-refractivity contribution is 9.10. The number of hydrogen-bond acceptors (Lipinski definition) is 4. The zero-order valence-corrected chi connectivity index (χ0v) is 11.3. The normalized spacial score (nSPS) is 10.6. The molecule has 6 heteroatoms. The van der Waals surface area contributed by atoms with Gasteiger partial charge in [-0.05, 0) is 30.3 Å². The lowest BCUT2D eigenvalue weighted by molar-refractivity contribution is 0.0954. The standard InChI is InChI=1S/C13H10BrN3O2/c14-11-4-3-9(12(18)6-11)8-16-17-13(19)10-2-1-5-15-7-10/h1-8,18H,(H,17,19)/b16-8-. The summed E-state index contributed by atoms with van der Waals surface area (Å²) in [4.78, 5) is 15.5. The molecule has 1 amide bonds. The van der Waals surface area contributed by atoms with Gasteiger partial charge in [0.05, 0.1) is 11.8 Å². The first kappa shape index (κ1) is 13.2. The second-order valence-corrected chi connectivity index (χ2v) is 4.56. The van der Waals surface area contributed by atoms with Gasteiger partial charge in [-0.15, -0.1) is 0 Å². The molecule has 2 N–H and O–H groups in total. The number of amides is 1. The van der Waals surface area contributed by atoms with Gasteiger partial charge in [-0.25, -0.2) is 5.43 Å². The van der Waals surface area contributed by atoms with Crippen LogP contribution in [0.25, 0.3) is 0 Å². The number of halogens is 1. The van der Waals surface area contributed by atoms with Gasteiger partial charge in [0.15, 0.2) is 0 Å². The Morgan fingerprint density at radius 1 is 1.42 bits per heavy atom. The van der Waals surface area contributed by atoms with Gasteiger partial charge in [-0.1, -0.05) is 15.9 Å². The fourth-order valence-electron chi connectivity index (χ4n) is 1.35. The van der Waals surface area contributed by atoms with E-state index in [-0.39, 0.29) is 11.7 Å². The van der Waals surface area contributed by atoms with Crippen LogP contribution in [-0.4, -0.2) is 22.2 Å². The Morgan fingerprint density at radius 2 is 2.26 bits per heavy atom. The number of rotatable bonds is 3. The molecule has 0 fully saturated rings. The molecular formula is C13H10BrN3O2. The Labute approximate surface area is 118 Å². The molecule has 5 nitrogen and oxygen atoms in total. The molecule has 19 heavy (non-hydrogen) atoms. The Hall–Kier alpha value is -2.21. The van der Waals surface area contributed by atoms with Crippen LogP contribution in [0.5, 0.6) is 5.75 Å². The summed E-state index contributed by atoms with van der Waals surface area (Å²) >= 11 is 3.24. The zero-order chi connectivity index (χ0) is 13.7. The van der Waals surface area contributed by atoms with E-state index in [4.69, 9.17) is 0 Å². The molecule has 96 valence electrons. The van der Waals surface area contributed by atoms with Crippen molar-refractivity contribution in [2.75, 3.05) is 0 Å². The molecule has 0 unspecified atom stereocenters. The molecule has 0 aliphatic heterocycles. The number of pyridine rings is 1. The lowest BCUT2D eigenvalue weighted by atomic mass is 10.2. The Morgan fingerprint density at radius 3 is 2.95 bits per heavy atom. The summed E-state index contributed by atoms with van der Waals surface area (Å²) in [6, 6.07) is 8.29. The van der Waals surface area contributed by atoms with Crippen molar-refractivity contribution in [2.24, 2.45) is 5.10 Å². The van der Waals surface area contributed by atoms with Gasteiger partial charge in [0.1, 0.15) is 5.75 Å². The number of hydrogen-bond donors (Lipinski definition) is 2. The third-order valence-electron chi connectivity index (χ3n) is 2.29. The zero-order valence-electron chi connectivity index (χ0n) is 9.75. The highest BCUT2D eigenvalue weighted by Crippen LogP contribution is 2.20. The quantitative estimate of drug-likeness (QED) is 0.673. The molecular weight excluding hydrogens is 310 g/mol. The first-order valence-corrected chi connectivity index (χ1v) is 6.18. The first-order valence-electron chi connectivity index (χ1n) is 5.39. The maximum atomic E-state index is 11.6. The monoisotopic (exact) mass is 319 g/mol. The van der Waals surface area contributed by atoms with Crippen molar-refractivity contribution < 1.29 is 9.90 Å². The molecule has 0 radical (unpaired) electrons. The molecule has 1 aromatic heterocycles. The van der Waals surface area contributed by atoms with Crippen LogP contribution in [0.3, 0.4) is 0 Å². The minimum absolute atomic E-state index is 0.0775. The summed E-state index contributed by atoms with van der Waals surface area (Å²) in [7, 11) is 0. The number of nitrogens with one attached hydrogen (secondary N) is 1. The van der Waals surface area contributed by atoms with Gasteiger partial charge in [0.25, 0.3) is 5.91 Å². The van der Waals surface area contributed by atoms with E-state index >= 15 is 0 Å². The van der Waals surface area contributed by atoms with Gasteiger partial charge in [0, 0.05) is 22.4 Å². The number of phenols is 1. The molecule has 2 rings (SSSR count). The molecule has 2 aromatic rings. The van der Waals surface area contributed by atoms with Crippen molar-refractivity contribution in [2.45, 2.75) is 0 Å². The van der Waals surface area contributed by atoms with Crippen molar-refractivity contribution in [3.63, 3.8) is 0 Å². The molecule has 0 saturated heterocycles. The smallest absolute Gasteiger partial charge is 0.272 e. The van der Waals surface area contributed by atoms with Gasteiger partial charge in [0.2, 0.25) is 0 Å². The van der Waals surface area contributed by atoms with E-state index in [0.29, 0.717) is 11.1 Å². The van der Waals surface area contributed by atoms with Crippen LogP contribution in [0.2, 0.25) is 0 Å². The third-order valence-corrected chi connectivity index (χ3v) is 2.78. The highest BCUT2D eigenvalue weighted by Gasteiger charge is 2.03. The number of benzene rings is 1. The van der Waals surface area contributed by atoms with Gasteiger partial charge >= 0.3 is 0 Å². The number of phenolic OH excluding ortho intramolecular Hbond substituents is 1. The first-order chi connectivity index (χ1) is 9.16. The minimum Gasteiger partial charge on any atom is -0.507 e. The molecule has 0 spiro atoms. The summed E-state index contributed by atoms with van der Waals surface area (Å²) in [6.07, 6.45) is 4.40. The molecule has 1 aromatic carbocycles. The van der Waals surface area contributed by atoms with E-state index in [1.807, 2.05) is 0 Å². The molecule has 0 atom stereocenters. The van der Waals surface area contributed by atoms with Crippen LogP contribution in [0, 0.1) is 0 Å². The van der Waals surface area contributed by atoms with E-state index in [1.54, 1.807) is 36.5 Å². The second kappa shape index (κ2) is 6.10. The van der Waals surface area contributed by atoms with E-state index in [2.05, 4.69) is 31.4 Å². The SMILES string of the molecule is O=C(N/N=C\c1ccc(Br)cc1O)c1cccnc1. The maximum absolute atomic E-state index is 11.6. The average molecular weight is 320 g/mol. The third kappa shape index (κ3) is 3.62. The number of carbonyl (C=O) groups excluding carboxylic acids is 1. The van der Waals surface area contributed by atoms with Crippen molar-refractivity contribution in [3.8, 4) is 5.75 Å². The van der Waals surface area contributed by atoms with E-state index in [9.17, 15) is 9.90 Å². The van der Waals surface area contributed by atoms with Crippen LogP contribution in [0.4, 0.5) is 0 Å². The molecule has 0 aliphatic rings. The van der Waals surface area contributed by atoms with Crippen molar-refractivity contribution >= 4 is 28.1 Å². The topological polar surface area (TPSA) is 74.6 Å². The summed E-state index contributed by atoms with van der Waals surface area (Å²) < 4.78 is 0.765. The van der Waals surface area contributed by atoms with Crippen molar-refractivity contribution in [1.29, 1.82) is 0 Å². The van der Waals surface area contributed by atoms with Crippen LogP contribution >= 0.6 is 15.9 Å². The summed E-state index contributed by atoms with van der Waals surface area (Å²) in [5.41, 5.74) is 3.28. The minimum atomic E-state index is -0.360. The summed E-state index contributed by atoms with van der Waals surface area (Å²) in [6.45, 7) is 0. The predicted octanol–water partition coefficient (Wildman–Crippen LogP) is 2.31. The molecule has 1 heterocycles. The lowest BCUT2D eigenvalue weighted by Gasteiger charge is -2.00. The summed E-state index contributed by atoms with van der Waals surface area (Å²) in [5.74, 6) is -0.283. The molecule has 0 aliphatic carbocycles. The summed E-state index contributed by atoms with van der Waals surface area (Å²) in [5, 5.41) is 13.4. The largest absolute Gasteiger partial charge is 0.507 e. The number of aromatic hydroxyl groups is 1. The van der Waals surface area contributed by atoms with E-state index < -0.39 is 0 Å². The fourth-order valence-corrected chi connectivity index (χ4v) is 1.70. The van der Waals surface area contributed by atoms with Gasteiger partial charge in [-0.2, -0.15) is 5.10 Å². The fraction of sp³-hybridized carbons (Fsp3) is 0. The van der Waals surface area contributed by atoms with Gasteiger partial charge < -0.3 is 5.11 Å². The maximum Gasteiger partial charge on any atom is 0.272 e.